The van der Waals surface area contributed by atoms with Gasteiger partial charge in [0.25, 0.3) is 0 Å². The van der Waals surface area contributed by atoms with Crippen molar-refractivity contribution < 1.29 is 10.0 Å². The average molecular weight is 125 g/mol. The Morgan fingerprint density at radius 3 is 1.44 bits per heavy atom. The molecule has 0 atom stereocenters. The Kier molecular flexibility index (Phi) is 6.33. The minimum absolute atomic E-state index is 0. The van der Waals surface area contributed by atoms with Gasteiger partial charge in [0, 0.05) is 12.4 Å². The summed E-state index contributed by atoms with van der Waals surface area (Å²) in [5, 5.41) is 21.1. The third kappa shape index (κ3) is 7.06. The van der Waals surface area contributed by atoms with Crippen LogP contribution in [-0.2, 0) is 0 Å². The van der Waals surface area contributed by atoms with Crippen LogP contribution in [0.5, 0.6) is 0 Å². The van der Waals surface area contributed by atoms with Gasteiger partial charge in [0.1, 0.15) is 0 Å². The van der Waals surface area contributed by atoms with Gasteiger partial charge in [-0.3, -0.25) is 0 Å². The Hall–Kier alpha value is -0.935. The smallest absolute Gasteiger partial charge is 0.429 e. The van der Waals surface area contributed by atoms with Crippen molar-refractivity contribution in [2.45, 2.75) is 0 Å². The molecule has 0 amide bonds. The van der Waals surface area contributed by atoms with E-state index in [9.17, 15) is 0 Å². The van der Waals surface area contributed by atoms with E-state index >= 15 is 0 Å². The minimum Gasteiger partial charge on any atom is -0.429 e. The molecule has 0 aliphatic carbocycles. The lowest BCUT2D eigenvalue weighted by Gasteiger charge is -1.69. The van der Waals surface area contributed by atoms with E-state index in [1.807, 2.05) is 12.1 Å². The van der Waals surface area contributed by atoms with Crippen LogP contribution in [0.2, 0.25) is 0 Å². The zero-order valence-corrected chi connectivity index (χ0v) is 4.68. The molecule has 5 heteroatoms. The lowest BCUT2D eigenvalue weighted by atomic mass is 10.5. The van der Waals surface area contributed by atoms with Gasteiger partial charge in [0.2, 0.25) is 0 Å². The number of rotatable bonds is 0. The quantitative estimate of drug-likeness (QED) is 0.435. The molecule has 0 bridgehead atoms. The molecule has 2 N–H and O–H groups in total. The summed E-state index contributed by atoms with van der Waals surface area (Å²) in [6.07, 6.45) is 3.28. The van der Waals surface area contributed by atoms with E-state index in [2.05, 4.69) is 10.2 Å². The van der Waals surface area contributed by atoms with Gasteiger partial charge in [-0.15, -0.1) is 0 Å². The summed E-state index contributed by atoms with van der Waals surface area (Å²) in [5.74, 6) is 0. The van der Waals surface area contributed by atoms with Crippen LogP contribution in [0.25, 0.3) is 0 Å². The fourth-order valence-corrected chi connectivity index (χ4v) is 0.253. The Morgan fingerprint density at radius 1 is 1.00 bits per heavy atom. The zero-order chi connectivity index (χ0) is 6.95. The van der Waals surface area contributed by atoms with E-state index in [-0.39, 0.29) is 7.69 Å². The molecule has 1 heterocycles. The van der Waals surface area contributed by atoms with Gasteiger partial charge in [0.05, 0.1) is 0 Å². The Labute approximate surface area is 53.5 Å². The second-order valence-corrected chi connectivity index (χ2v) is 1.03. The van der Waals surface area contributed by atoms with Gasteiger partial charge < -0.3 is 10.0 Å². The summed E-state index contributed by atoms with van der Waals surface area (Å²) in [6.45, 7) is 0. The van der Waals surface area contributed by atoms with Gasteiger partial charge in [-0.25, -0.2) is 0 Å². The molecule has 47 valence electrons. The second-order valence-electron chi connectivity index (χ2n) is 1.03. The molecule has 0 fully saturated rings. The van der Waals surface area contributed by atoms with E-state index in [0.29, 0.717) is 0 Å². The van der Waals surface area contributed by atoms with Crippen LogP contribution in [0.15, 0.2) is 24.5 Å². The van der Waals surface area contributed by atoms with Crippen molar-refractivity contribution in [1.29, 1.82) is 0 Å². The fraction of sp³-hybridized carbons (Fsp3) is 0. The Bertz CT molecular complexity index is 99.4. The molecule has 1 aromatic rings. The maximum atomic E-state index is 7.00. The molecule has 0 spiro atoms. The van der Waals surface area contributed by atoms with Crippen LogP contribution in [0, 0.1) is 0 Å². The fourth-order valence-electron chi connectivity index (χ4n) is 0.253. The summed E-state index contributed by atoms with van der Waals surface area (Å²) < 4.78 is 0. The summed E-state index contributed by atoms with van der Waals surface area (Å²) in [4.78, 5) is 0. The third-order valence-corrected chi connectivity index (χ3v) is 0.483. The predicted octanol–water partition coefficient (Wildman–Crippen LogP) is -1.02. The molecule has 0 saturated heterocycles. The summed E-state index contributed by atoms with van der Waals surface area (Å²) in [7, 11) is 0. The molecule has 0 unspecified atom stereocenters. The van der Waals surface area contributed by atoms with Crippen LogP contribution < -0.4 is 0 Å². The highest BCUT2D eigenvalue weighted by molar-refractivity contribution is 6.13. The molecule has 1 radical (unpaired) electrons. The van der Waals surface area contributed by atoms with Gasteiger partial charge in [-0.05, 0) is 12.1 Å². The number of aromatic nitrogens is 2. The van der Waals surface area contributed by atoms with Gasteiger partial charge in [-0.2, -0.15) is 10.2 Å². The van der Waals surface area contributed by atoms with E-state index in [4.69, 9.17) is 10.0 Å². The Balaban J connectivity index is 0.000000187. The van der Waals surface area contributed by atoms with Gasteiger partial charge in [-0.1, -0.05) is 0 Å². The highest BCUT2D eigenvalue weighted by atomic mass is 16.4. The van der Waals surface area contributed by atoms with E-state index in [1.54, 1.807) is 12.4 Å². The van der Waals surface area contributed by atoms with E-state index < -0.39 is 0 Å². The molecule has 1 aromatic heterocycles. The molecule has 0 saturated carbocycles. The normalized spacial score (nSPS) is 6.89. The van der Waals surface area contributed by atoms with Crippen LogP contribution in [0.3, 0.4) is 0 Å². The first kappa shape index (κ1) is 8.06. The largest absolute Gasteiger partial charge is 0.482 e. The first-order valence-corrected chi connectivity index (χ1v) is 2.23. The van der Waals surface area contributed by atoms with Crippen molar-refractivity contribution in [3.05, 3.63) is 24.5 Å². The molecule has 0 aliphatic heterocycles. The minimum atomic E-state index is 0. The second kappa shape index (κ2) is 7.06. The zero-order valence-electron chi connectivity index (χ0n) is 4.68. The highest BCUT2D eigenvalue weighted by Crippen LogP contribution is 1.68. The molecular formula is C4H6BN2O2. The third-order valence-electron chi connectivity index (χ3n) is 0.483. The first-order valence-electron chi connectivity index (χ1n) is 2.23. The van der Waals surface area contributed by atoms with Gasteiger partial charge >= 0.3 is 7.69 Å². The van der Waals surface area contributed by atoms with Crippen molar-refractivity contribution in [2.24, 2.45) is 0 Å². The lowest BCUT2D eigenvalue weighted by molar-refractivity contribution is 0.448. The molecule has 9 heavy (non-hydrogen) atoms. The van der Waals surface area contributed by atoms with Gasteiger partial charge in [0.15, 0.2) is 0 Å². The van der Waals surface area contributed by atoms with Crippen molar-refractivity contribution in [2.75, 3.05) is 0 Å². The number of hydrogen-bond acceptors (Lipinski definition) is 4. The summed E-state index contributed by atoms with van der Waals surface area (Å²) in [5.41, 5.74) is 0. The average Bonchev–Trinajstić information content (AvgIpc) is 1.93. The van der Waals surface area contributed by atoms with Crippen molar-refractivity contribution in [1.82, 2.24) is 10.2 Å². The topological polar surface area (TPSA) is 66.2 Å². The predicted molar refractivity (Wildman–Crippen MR) is 32.2 cm³/mol. The summed E-state index contributed by atoms with van der Waals surface area (Å²) >= 11 is 0. The van der Waals surface area contributed by atoms with Crippen LogP contribution in [0.4, 0.5) is 0 Å². The van der Waals surface area contributed by atoms with Crippen molar-refractivity contribution in [3.8, 4) is 0 Å². The first-order chi connectivity index (χ1) is 4.41. The Morgan fingerprint density at radius 2 is 1.33 bits per heavy atom. The molecule has 4 nitrogen and oxygen atoms in total. The maximum Gasteiger partial charge on any atom is 0.482 e. The monoisotopic (exact) mass is 125 g/mol. The van der Waals surface area contributed by atoms with Crippen LogP contribution >= 0.6 is 0 Å². The summed E-state index contributed by atoms with van der Waals surface area (Å²) in [6, 6.07) is 3.65. The molecule has 0 aliphatic rings. The molecule has 0 aromatic carbocycles. The van der Waals surface area contributed by atoms with Crippen molar-refractivity contribution >= 4 is 7.69 Å². The maximum absolute atomic E-state index is 7.00. The SMILES string of the molecule is O[B]O.c1ccnnc1. The highest BCUT2D eigenvalue weighted by Gasteiger charge is 1.59. The molecular weight excluding hydrogens is 119 g/mol. The standard InChI is InChI=1S/C4H4N2.BH2O2/c1-2-4-6-5-3-1;2-1-3/h1-4H;2-3H. The van der Waals surface area contributed by atoms with E-state index in [1.165, 1.54) is 0 Å². The number of hydrogen-bond donors (Lipinski definition) is 2. The van der Waals surface area contributed by atoms with E-state index in [0.717, 1.165) is 0 Å². The number of nitrogens with zero attached hydrogens (tertiary/aromatic N) is 2. The van der Waals surface area contributed by atoms with Crippen molar-refractivity contribution in [3.63, 3.8) is 0 Å². The van der Waals surface area contributed by atoms with Crippen LogP contribution in [0.1, 0.15) is 0 Å². The molecule has 1 rings (SSSR count). The lowest BCUT2D eigenvalue weighted by Crippen LogP contribution is -1.75. The van der Waals surface area contributed by atoms with Crippen LogP contribution in [-0.4, -0.2) is 27.9 Å².